The summed E-state index contributed by atoms with van der Waals surface area (Å²) >= 11 is 0. The summed E-state index contributed by atoms with van der Waals surface area (Å²) in [6, 6.07) is 15.7. The molecule has 5 nitrogen and oxygen atoms in total. The molecule has 0 bridgehead atoms. The Labute approximate surface area is 153 Å². The van der Waals surface area contributed by atoms with E-state index in [0.29, 0.717) is 0 Å². The third-order valence-corrected chi connectivity index (χ3v) is 4.91. The number of aromatic nitrogens is 2. The minimum atomic E-state index is -0.526. The van der Waals surface area contributed by atoms with Crippen LogP contribution in [0, 0.1) is 6.92 Å². The molecule has 1 aromatic heterocycles. The van der Waals surface area contributed by atoms with Gasteiger partial charge in [0, 0.05) is 6.54 Å². The quantitative estimate of drug-likeness (QED) is 0.774. The zero-order valence-corrected chi connectivity index (χ0v) is 15.1. The average molecular weight is 349 g/mol. The summed E-state index contributed by atoms with van der Waals surface area (Å²) in [5.74, 6) is 1.60. The predicted molar refractivity (Wildman–Crippen MR) is 101 cm³/mol. The highest BCUT2D eigenvalue weighted by atomic mass is 16.5. The van der Waals surface area contributed by atoms with Crippen LogP contribution in [0.15, 0.2) is 48.5 Å². The summed E-state index contributed by atoms with van der Waals surface area (Å²) < 4.78 is 5.89. The number of nitrogens with one attached hydrogen (secondary N) is 1. The number of aromatic amines is 1. The second kappa shape index (κ2) is 6.83. The topological polar surface area (TPSA) is 58.2 Å². The number of para-hydroxylation sites is 2. The molecule has 0 radical (unpaired) electrons. The van der Waals surface area contributed by atoms with Gasteiger partial charge in [0.2, 0.25) is 0 Å². The molecular weight excluding hydrogens is 326 g/mol. The van der Waals surface area contributed by atoms with Gasteiger partial charge in [0.05, 0.1) is 17.1 Å². The normalized spacial score (nSPS) is 18.2. The third kappa shape index (κ3) is 3.17. The Morgan fingerprint density at radius 1 is 1.27 bits per heavy atom. The largest absolute Gasteiger partial charge is 0.481 e. The fourth-order valence-electron chi connectivity index (χ4n) is 3.62. The number of carbonyl (C=O) groups is 1. The van der Waals surface area contributed by atoms with Crippen molar-refractivity contribution in [1.29, 1.82) is 0 Å². The van der Waals surface area contributed by atoms with Crippen molar-refractivity contribution in [3.63, 3.8) is 0 Å². The van der Waals surface area contributed by atoms with Crippen molar-refractivity contribution >= 4 is 16.9 Å². The zero-order valence-electron chi connectivity index (χ0n) is 15.1. The zero-order chi connectivity index (χ0) is 18.1. The lowest BCUT2D eigenvalue weighted by molar-refractivity contribution is -0.139. The first-order valence-electron chi connectivity index (χ1n) is 9.10. The number of nitrogens with zero attached hydrogens (tertiary/aromatic N) is 2. The number of likely N-dealkylation sites (tertiary alicyclic amines) is 1. The number of fused-ring (bicyclic) bond motifs is 1. The molecule has 0 spiro atoms. The van der Waals surface area contributed by atoms with Crippen molar-refractivity contribution < 1.29 is 9.53 Å². The van der Waals surface area contributed by atoms with Gasteiger partial charge in [0.15, 0.2) is 6.10 Å². The molecule has 26 heavy (non-hydrogen) atoms. The highest BCUT2D eigenvalue weighted by molar-refractivity contribution is 5.82. The van der Waals surface area contributed by atoms with Gasteiger partial charge in [-0.1, -0.05) is 24.3 Å². The van der Waals surface area contributed by atoms with Gasteiger partial charge in [-0.3, -0.25) is 4.79 Å². The maximum absolute atomic E-state index is 13.0. The van der Waals surface area contributed by atoms with Crippen molar-refractivity contribution in [3.8, 4) is 5.75 Å². The molecule has 0 saturated carbocycles. The molecule has 1 saturated heterocycles. The fourth-order valence-corrected chi connectivity index (χ4v) is 3.62. The molecule has 4 rings (SSSR count). The van der Waals surface area contributed by atoms with E-state index in [-0.39, 0.29) is 11.9 Å². The number of rotatable bonds is 4. The monoisotopic (exact) mass is 349 g/mol. The van der Waals surface area contributed by atoms with E-state index in [4.69, 9.17) is 9.72 Å². The van der Waals surface area contributed by atoms with Crippen molar-refractivity contribution in [3.05, 3.63) is 59.9 Å². The van der Waals surface area contributed by atoms with Crippen molar-refractivity contribution in [2.24, 2.45) is 0 Å². The molecule has 2 aromatic carbocycles. The van der Waals surface area contributed by atoms with Crippen LogP contribution in [0.1, 0.15) is 37.2 Å². The number of benzene rings is 2. The minimum Gasteiger partial charge on any atom is -0.481 e. The van der Waals surface area contributed by atoms with E-state index in [1.807, 2.05) is 67.3 Å². The van der Waals surface area contributed by atoms with Gasteiger partial charge in [0.1, 0.15) is 11.6 Å². The van der Waals surface area contributed by atoms with E-state index < -0.39 is 6.10 Å². The Kier molecular flexibility index (Phi) is 4.37. The highest BCUT2D eigenvalue weighted by Crippen LogP contribution is 2.32. The summed E-state index contributed by atoms with van der Waals surface area (Å²) in [6.45, 7) is 4.57. The Hall–Kier alpha value is -2.82. The minimum absolute atomic E-state index is 0.00876. The van der Waals surface area contributed by atoms with Crippen LogP contribution in [0.2, 0.25) is 0 Å². The smallest absolute Gasteiger partial charge is 0.263 e. The number of ether oxygens (including phenoxy) is 1. The lowest BCUT2D eigenvalue weighted by Gasteiger charge is -2.26. The van der Waals surface area contributed by atoms with Crippen molar-refractivity contribution in [2.75, 3.05) is 6.54 Å². The molecule has 2 atom stereocenters. The van der Waals surface area contributed by atoms with Crippen LogP contribution >= 0.6 is 0 Å². The van der Waals surface area contributed by atoms with E-state index in [2.05, 4.69) is 4.98 Å². The second-order valence-electron chi connectivity index (χ2n) is 6.91. The van der Waals surface area contributed by atoms with E-state index in [1.54, 1.807) is 0 Å². The van der Waals surface area contributed by atoms with Crippen molar-refractivity contribution in [2.45, 2.75) is 38.8 Å². The van der Waals surface area contributed by atoms with E-state index in [0.717, 1.165) is 47.6 Å². The maximum Gasteiger partial charge on any atom is 0.263 e. The van der Waals surface area contributed by atoms with E-state index in [1.165, 1.54) is 0 Å². The Morgan fingerprint density at radius 3 is 2.92 bits per heavy atom. The van der Waals surface area contributed by atoms with Gasteiger partial charge in [-0.25, -0.2) is 4.98 Å². The van der Waals surface area contributed by atoms with Crippen LogP contribution in [-0.4, -0.2) is 33.4 Å². The molecule has 2 heterocycles. The molecule has 2 unspecified atom stereocenters. The van der Waals surface area contributed by atoms with Gasteiger partial charge >= 0.3 is 0 Å². The second-order valence-corrected chi connectivity index (χ2v) is 6.91. The summed E-state index contributed by atoms with van der Waals surface area (Å²) in [5, 5.41) is 0. The van der Waals surface area contributed by atoms with Crippen LogP contribution in [0.25, 0.3) is 11.0 Å². The number of H-pyrrole nitrogens is 1. The lowest BCUT2D eigenvalue weighted by Crippen LogP contribution is -2.40. The Balaban J connectivity index is 1.52. The number of aryl methyl sites for hydroxylation is 1. The van der Waals surface area contributed by atoms with Crippen LogP contribution in [0.4, 0.5) is 0 Å². The van der Waals surface area contributed by atoms with Gasteiger partial charge in [-0.2, -0.15) is 0 Å². The summed E-state index contributed by atoms with van der Waals surface area (Å²) in [7, 11) is 0. The van der Waals surface area contributed by atoms with E-state index in [9.17, 15) is 4.79 Å². The van der Waals surface area contributed by atoms with Crippen LogP contribution < -0.4 is 4.74 Å². The summed E-state index contributed by atoms with van der Waals surface area (Å²) in [5.41, 5.74) is 3.06. The number of amides is 1. The Bertz CT molecular complexity index is 901. The first-order chi connectivity index (χ1) is 12.6. The molecule has 134 valence electrons. The number of hydrogen-bond donors (Lipinski definition) is 1. The SMILES string of the molecule is Cc1cccc(OC(C)C(=O)N2CCCC2c2nc3ccccc3[nH]2)c1. The Morgan fingerprint density at radius 2 is 2.12 bits per heavy atom. The third-order valence-electron chi connectivity index (χ3n) is 4.91. The predicted octanol–water partition coefficient (Wildman–Crippen LogP) is 4.00. The van der Waals surface area contributed by atoms with E-state index >= 15 is 0 Å². The number of imidazole rings is 1. The standard InChI is InChI=1S/C21H23N3O2/c1-14-7-5-8-16(13-14)26-15(2)21(25)24-12-6-11-19(24)20-22-17-9-3-4-10-18(17)23-20/h3-5,7-10,13,15,19H,6,11-12H2,1-2H3,(H,22,23). The van der Waals surface area contributed by atoms with Crippen LogP contribution in [-0.2, 0) is 4.79 Å². The molecule has 1 fully saturated rings. The lowest BCUT2D eigenvalue weighted by atomic mass is 10.2. The molecule has 3 aromatic rings. The molecular formula is C21H23N3O2. The summed E-state index contributed by atoms with van der Waals surface area (Å²) in [6.07, 6.45) is 1.37. The first-order valence-corrected chi connectivity index (χ1v) is 9.10. The molecule has 1 amide bonds. The maximum atomic E-state index is 13.0. The molecule has 1 N–H and O–H groups in total. The highest BCUT2D eigenvalue weighted by Gasteiger charge is 2.35. The molecule has 5 heteroatoms. The van der Waals surface area contributed by atoms with Gasteiger partial charge in [-0.05, 0) is 56.5 Å². The number of hydrogen-bond acceptors (Lipinski definition) is 3. The molecule has 1 aliphatic rings. The van der Waals surface area contributed by atoms with Crippen molar-refractivity contribution in [1.82, 2.24) is 14.9 Å². The van der Waals surface area contributed by atoms with Crippen LogP contribution in [0.3, 0.4) is 0 Å². The van der Waals surface area contributed by atoms with Crippen LogP contribution in [0.5, 0.6) is 5.75 Å². The average Bonchev–Trinajstić information content (AvgIpc) is 3.27. The number of carbonyl (C=O) groups excluding carboxylic acids is 1. The fraction of sp³-hybridized carbons (Fsp3) is 0.333. The molecule has 1 aliphatic heterocycles. The van der Waals surface area contributed by atoms with Gasteiger partial charge in [0.25, 0.3) is 5.91 Å². The molecule has 0 aliphatic carbocycles. The summed E-state index contributed by atoms with van der Waals surface area (Å²) in [4.78, 5) is 23.0. The van der Waals surface area contributed by atoms with Gasteiger partial charge < -0.3 is 14.6 Å². The first kappa shape index (κ1) is 16.6. The van der Waals surface area contributed by atoms with Gasteiger partial charge in [-0.15, -0.1) is 0 Å².